The van der Waals surface area contributed by atoms with Crippen molar-refractivity contribution in [3.8, 4) is 5.75 Å². The molecule has 1 N–H and O–H groups in total. The molecular formula is C22H17BrN4O6. The highest BCUT2D eigenvalue weighted by Crippen LogP contribution is 2.27. The van der Waals surface area contributed by atoms with E-state index in [9.17, 15) is 25.0 Å². The monoisotopic (exact) mass is 512 g/mol. The lowest BCUT2D eigenvalue weighted by atomic mass is 10.1. The molecule has 0 unspecified atom stereocenters. The standard InChI is InChI=1S/C22H17BrN4O6/c23-19-11-15(8-9-21(19)33-14-16-4-3-6-18(10-16)26(29)30)13-24-25-22(28)12-17-5-1-2-7-20(17)27(31)32/h1-11,13H,12,14H2,(H,25,28)/b24-13+. The number of nitrogens with one attached hydrogen (secondary N) is 1. The molecule has 0 aliphatic rings. The number of non-ortho nitro benzene ring substituents is 1. The lowest BCUT2D eigenvalue weighted by Gasteiger charge is -2.09. The van der Waals surface area contributed by atoms with Gasteiger partial charge in [-0.05, 0) is 45.3 Å². The number of nitro groups is 2. The number of benzene rings is 3. The summed E-state index contributed by atoms with van der Waals surface area (Å²) in [6.45, 7) is 0.148. The van der Waals surface area contributed by atoms with Crippen LogP contribution in [0, 0.1) is 20.2 Å². The van der Waals surface area contributed by atoms with Crippen LogP contribution in [0.1, 0.15) is 16.7 Å². The molecule has 0 aliphatic carbocycles. The van der Waals surface area contributed by atoms with E-state index in [0.29, 0.717) is 26.9 Å². The molecule has 168 valence electrons. The van der Waals surface area contributed by atoms with Crippen molar-refractivity contribution in [2.45, 2.75) is 13.0 Å². The van der Waals surface area contributed by atoms with Gasteiger partial charge in [-0.25, -0.2) is 5.43 Å². The molecule has 0 aromatic heterocycles. The Balaban J connectivity index is 1.56. The van der Waals surface area contributed by atoms with Crippen LogP contribution in [0.5, 0.6) is 5.75 Å². The first-order valence-electron chi connectivity index (χ1n) is 9.53. The van der Waals surface area contributed by atoms with Crippen LogP contribution >= 0.6 is 15.9 Å². The Labute approximate surface area is 196 Å². The highest BCUT2D eigenvalue weighted by atomic mass is 79.9. The van der Waals surface area contributed by atoms with Crippen LogP contribution < -0.4 is 10.2 Å². The fourth-order valence-electron chi connectivity index (χ4n) is 2.87. The van der Waals surface area contributed by atoms with Crippen molar-refractivity contribution in [1.29, 1.82) is 0 Å². The van der Waals surface area contributed by atoms with Crippen molar-refractivity contribution in [2.24, 2.45) is 5.10 Å². The van der Waals surface area contributed by atoms with Gasteiger partial charge in [0.15, 0.2) is 0 Å². The molecule has 10 nitrogen and oxygen atoms in total. The maximum absolute atomic E-state index is 12.1. The van der Waals surface area contributed by atoms with Crippen molar-refractivity contribution in [1.82, 2.24) is 5.43 Å². The summed E-state index contributed by atoms with van der Waals surface area (Å²) >= 11 is 3.40. The summed E-state index contributed by atoms with van der Waals surface area (Å²) in [5.41, 5.74) is 3.83. The highest BCUT2D eigenvalue weighted by Gasteiger charge is 2.15. The Kier molecular flexibility index (Phi) is 7.82. The fraction of sp³-hybridized carbons (Fsp3) is 0.0909. The number of hydrogen-bond donors (Lipinski definition) is 1. The molecule has 0 bridgehead atoms. The van der Waals surface area contributed by atoms with Crippen molar-refractivity contribution in [3.05, 3.63) is 108 Å². The van der Waals surface area contributed by atoms with Gasteiger partial charge in [-0.3, -0.25) is 25.0 Å². The number of nitro benzene ring substituents is 2. The molecule has 11 heteroatoms. The molecule has 33 heavy (non-hydrogen) atoms. The zero-order chi connectivity index (χ0) is 23.8. The van der Waals surface area contributed by atoms with Crippen LogP contribution in [-0.2, 0) is 17.8 Å². The molecule has 1 amide bonds. The molecule has 0 atom stereocenters. The van der Waals surface area contributed by atoms with Crippen molar-refractivity contribution < 1.29 is 19.4 Å². The first kappa shape index (κ1) is 23.5. The molecule has 3 aromatic carbocycles. The SMILES string of the molecule is O=C(Cc1ccccc1[N+](=O)[O-])N/N=C/c1ccc(OCc2cccc([N+](=O)[O-])c2)c(Br)c1. The van der Waals surface area contributed by atoms with Gasteiger partial charge >= 0.3 is 0 Å². The Bertz CT molecular complexity index is 1230. The van der Waals surface area contributed by atoms with Crippen LogP contribution in [0.4, 0.5) is 11.4 Å². The van der Waals surface area contributed by atoms with E-state index in [1.807, 2.05) is 0 Å². The van der Waals surface area contributed by atoms with Gasteiger partial charge in [-0.1, -0.05) is 30.3 Å². The minimum atomic E-state index is -0.536. The molecule has 3 rings (SSSR count). The summed E-state index contributed by atoms with van der Waals surface area (Å²) in [5, 5.41) is 25.8. The number of amides is 1. The highest BCUT2D eigenvalue weighted by molar-refractivity contribution is 9.10. The smallest absolute Gasteiger partial charge is 0.273 e. The van der Waals surface area contributed by atoms with E-state index < -0.39 is 15.8 Å². The van der Waals surface area contributed by atoms with Gasteiger partial charge in [-0.2, -0.15) is 5.10 Å². The third-order valence-corrected chi connectivity index (χ3v) is 5.03. The van der Waals surface area contributed by atoms with Gasteiger partial charge in [0, 0.05) is 23.8 Å². The number of para-hydroxylation sites is 1. The zero-order valence-electron chi connectivity index (χ0n) is 17.0. The van der Waals surface area contributed by atoms with Gasteiger partial charge in [0.25, 0.3) is 11.4 Å². The maximum atomic E-state index is 12.1. The molecule has 0 saturated heterocycles. The van der Waals surface area contributed by atoms with Crippen LogP contribution in [-0.4, -0.2) is 22.0 Å². The summed E-state index contributed by atoms with van der Waals surface area (Å²) in [5.74, 6) is 0.0376. The number of halogens is 1. The first-order chi connectivity index (χ1) is 15.8. The molecule has 0 heterocycles. The normalized spacial score (nSPS) is 10.7. The Morgan fingerprint density at radius 3 is 2.55 bits per heavy atom. The molecule has 0 fully saturated rings. The number of carbonyl (C=O) groups excluding carboxylic acids is 1. The largest absolute Gasteiger partial charge is 0.488 e. The second-order valence-corrected chi connectivity index (χ2v) is 7.62. The molecule has 0 aliphatic heterocycles. The number of carbonyl (C=O) groups is 1. The van der Waals surface area contributed by atoms with E-state index in [1.54, 1.807) is 36.4 Å². The Morgan fingerprint density at radius 2 is 1.82 bits per heavy atom. The average Bonchev–Trinajstić information content (AvgIpc) is 2.79. The predicted octanol–water partition coefficient (Wildman–Crippen LogP) is 4.54. The first-order valence-corrected chi connectivity index (χ1v) is 10.3. The second kappa shape index (κ2) is 11.0. The Morgan fingerprint density at radius 1 is 1.03 bits per heavy atom. The number of hydrazone groups is 1. The van der Waals surface area contributed by atoms with Crippen molar-refractivity contribution >= 4 is 39.4 Å². The van der Waals surface area contributed by atoms with Gasteiger partial charge < -0.3 is 4.74 Å². The van der Waals surface area contributed by atoms with E-state index in [0.717, 1.165) is 0 Å². The van der Waals surface area contributed by atoms with Crippen LogP contribution in [0.15, 0.2) is 76.3 Å². The summed E-state index contributed by atoms with van der Waals surface area (Å²) < 4.78 is 6.34. The summed E-state index contributed by atoms with van der Waals surface area (Å²) in [7, 11) is 0. The predicted molar refractivity (Wildman–Crippen MR) is 124 cm³/mol. The summed E-state index contributed by atoms with van der Waals surface area (Å²) in [4.78, 5) is 33.0. The molecule has 3 aromatic rings. The number of nitrogens with zero attached hydrogens (tertiary/aromatic N) is 3. The van der Waals surface area contributed by atoms with Gasteiger partial charge in [0.2, 0.25) is 5.91 Å². The average molecular weight is 513 g/mol. The van der Waals surface area contributed by atoms with E-state index in [4.69, 9.17) is 4.74 Å². The number of hydrogen-bond acceptors (Lipinski definition) is 7. The van der Waals surface area contributed by atoms with E-state index in [2.05, 4.69) is 26.5 Å². The quantitative estimate of drug-likeness (QED) is 0.254. The van der Waals surface area contributed by atoms with Crippen molar-refractivity contribution in [2.75, 3.05) is 0 Å². The molecule has 0 radical (unpaired) electrons. The molecule has 0 spiro atoms. The van der Waals surface area contributed by atoms with E-state index in [1.165, 1.54) is 36.5 Å². The fourth-order valence-corrected chi connectivity index (χ4v) is 3.38. The van der Waals surface area contributed by atoms with Gasteiger partial charge in [-0.15, -0.1) is 0 Å². The molecule has 0 saturated carbocycles. The minimum absolute atomic E-state index is 0.00867. The topological polar surface area (TPSA) is 137 Å². The lowest BCUT2D eigenvalue weighted by molar-refractivity contribution is -0.385. The maximum Gasteiger partial charge on any atom is 0.273 e. The number of ether oxygens (including phenoxy) is 1. The Hall–Kier alpha value is -4.12. The minimum Gasteiger partial charge on any atom is -0.488 e. The summed E-state index contributed by atoms with van der Waals surface area (Å²) in [6, 6.07) is 17.3. The third-order valence-electron chi connectivity index (χ3n) is 4.41. The van der Waals surface area contributed by atoms with Crippen LogP contribution in [0.2, 0.25) is 0 Å². The van der Waals surface area contributed by atoms with Crippen LogP contribution in [0.25, 0.3) is 0 Å². The van der Waals surface area contributed by atoms with Gasteiger partial charge in [0.1, 0.15) is 12.4 Å². The molecular weight excluding hydrogens is 496 g/mol. The zero-order valence-corrected chi connectivity index (χ0v) is 18.6. The van der Waals surface area contributed by atoms with Crippen molar-refractivity contribution in [3.63, 3.8) is 0 Å². The third kappa shape index (κ3) is 6.68. The second-order valence-electron chi connectivity index (χ2n) is 6.76. The lowest BCUT2D eigenvalue weighted by Crippen LogP contribution is -2.20. The van der Waals surface area contributed by atoms with Crippen LogP contribution in [0.3, 0.4) is 0 Å². The van der Waals surface area contributed by atoms with E-state index in [-0.39, 0.29) is 24.4 Å². The van der Waals surface area contributed by atoms with E-state index >= 15 is 0 Å². The van der Waals surface area contributed by atoms with Gasteiger partial charge in [0.05, 0.1) is 27.0 Å². The number of rotatable bonds is 9. The summed E-state index contributed by atoms with van der Waals surface area (Å²) in [6.07, 6.45) is 1.25.